The Balaban J connectivity index is 1.75. The first-order chi connectivity index (χ1) is 9.25. The predicted octanol–water partition coefficient (Wildman–Crippen LogP) is 1.85. The van der Waals surface area contributed by atoms with Gasteiger partial charge in [0.2, 0.25) is 10.0 Å². The van der Waals surface area contributed by atoms with Crippen LogP contribution in [-0.4, -0.2) is 32.8 Å². The molecular weight excluding hydrogens is 272 g/mol. The van der Waals surface area contributed by atoms with Crippen LogP contribution in [0.2, 0.25) is 0 Å². The average molecular weight is 296 g/mol. The van der Waals surface area contributed by atoms with Gasteiger partial charge < -0.3 is 5.32 Å². The number of rotatable bonds is 6. The molecule has 0 heterocycles. The van der Waals surface area contributed by atoms with Crippen molar-refractivity contribution in [3.63, 3.8) is 0 Å². The Morgan fingerprint density at radius 3 is 2.35 bits per heavy atom. The molecule has 20 heavy (non-hydrogen) atoms. The zero-order valence-corrected chi connectivity index (χ0v) is 13.2. The van der Waals surface area contributed by atoms with Gasteiger partial charge in [-0.25, -0.2) is 13.1 Å². The van der Waals surface area contributed by atoms with Gasteiger partial charge in [-0.05, 0) is 38.2 Å². The van der Waals surface area contributed by atoms with Crippen molar-refractivity contribution in [3.05, 3.63) is 35.9 Å². The summed E-state index contributed by atoms with van der Waals surface area (Å²) in [6, 6.07) is 11.0. The summed E-state index contributed by atoms with van der Waals surface area (Å²) in [5.41, 5.74) is 0.949. The van der Waals surface area contributed by atoms with Gasteiger partial charge in [0.05, 0.1) is 6.26 Å². The quantitative estimate of drug-likeness (QED) is 0.842. The Morgan fingerprint density at radius 1 is 1.20 bits per heavy atom. The molecule has 0 aromatic heterocycles. The molecule has 0 amide bonds. The number of sulfonamides is 1. The summed E-state index contributed by atoms with van der Waals surface area (Å²) in [6.45, 7) is 4.44. The lowest BCUT2D eigenvalue weighted by Crippen LogP contribution is -2.53. The molecule has 1 aliphatic rings. The third kappa shape index (κ3) is 4.58. The van der Waals surface area contributed by atoms with Crippen LogP contribution in [-0.2, 0) is 10.0 Å². The van der Waals surface area contributed by atoms with Crippen LogP contribution in [0.1, 0.15) is 38.2 Å². The maximum atomic E-state index is 11.3. The molecule has 0 atom stereocenters. The van der Waals surface area contributed by atoms with E-state index in [9.17, 15) is 8.42 Å². The second-order valence-corrected chi connectivity index (χ2v) is 8.16. The van der Waals surface area contributed by atoms with Crippen LogP contribution in [0, 0.1) is 0 Å². The Labute approximate surface area is 122 Å². The number of benzene rings is 1. The van der Waals surface area contributed by atoms with Gasteiger partial charge in [-0.15, -0.1) is 0 Å². The number of nitrogens with one attached hydrogen (secondary N) is 2. The molecule has 112 valence electrons. The molecule has 2 N–H and O–H groups in total. The van der Waals surface area contributed by atoms with Crippen molar-refractivity contribution >= 4 is 10.0 Å². The minimum Gasteiger partial charge on any atom is -0.312 e. The minimum atomic E-state index is -3.16. The molecule has 2 rings (SSSR count). The van der Waals surface area contributed by atoms with Gasteiger partial charge in [-0.1, -0.05) is 30.3 Å². The maximum Gasteiger partial charge on any atom is 0.209 e. The van der Waals surface area contributed by atoms with Crippen LogP contribution < -0.4 is 10.0 Å². The van der Waals surface area contributed by atoms with Gasteiger partial charge in [-0.2, -0.15) is 0 Å². The molecule has 0 aliphatic heterocycles. The zero-order chi connectivity index (χ0) is 14.8. The normalized spacial score (nSPS) is 23.4. The lowest BCUT2D eigenvalue weighted by molar-refractivity contribution is 0.268. The first-order valence-electron chi connectivity index (χ1n) is 7.02. The Kier molecular flexibility index (Phi) is 4.52. The van der Waals surface area contributed by atoms with Crippen molar-refractivity contribution in [2.75, 3.05) is 12.8 Å². The molecule has 1 aliphatic carbocycles. The molecule has 1 aromatic carbocycles. The fourth-order valence-corrected chi connectivity index (χ4v) is 3.80. The standard InChI is InChI=1S/C15H24N2O2S/c1-15(2,17-20(3,18)19)11-16-14-9-13(10-14)12-7-5-4-6-8-12/h4-8,13-14,16-17H,9-11H2,1-3H3. The van der Waals surface area contributed by atoms with E-state index in [0.717, 1.165) is 12.8 Å². The van der Waals surface area contributed by atoms with E-state index in [2.05, 4.69) is 34.3 Å². The van der Waals surface area contributed by atoms with E-state index in [1.165, 1.54) is 11.8 Å². The molecule has 0 saturated heterocycles. The Hall–Kier alpha value is -0.910. The highest BCUT2D eigenvalue weighted by atomic mass is 32.2. The highest BCUT2D eigenvalue weighted by molar-refractivity contribution is 7.88. The molecule has 1 saturated carbocycles. The molecule has 1 fully saturated rings. The topological polar surface area (TPSA) is 58.2 Å². The van der Waals surface area contributed by atoms with Crippen molar-refractivity contribution in [2.24, 2.45) is 0 Å². The molecule has 0 radical (unpaired) electrons. The predicted molar refractivity (Wildman–Crippen MR) is 82.3 cm³/mol. The summed E-state index contributed by atoms with van der Waals surface area (Å²) in [6.07, 6.45) is 3.45. The van der Waals surface area contributed by atoms with E-state index >= 15 is 0 Å². The molecule has 0 bridgehead atoms. The maximum absolute atomic E-state index is 11.3. The van der Waals surface area contributed by atoms with Gasteiger partial charge in [0, 0.05) is 18.1 Å². The van der Waals surface area contributed by atoms with Crippen molar-refractivity contribution in [2.45, 2.75) is 44.2 Å². The van der Waals surface area contributed by atoms with Crippen LogP contribution in [0.5, 0.6) is 0 Å². The van der Waals surface area contributed by atoms with Crippen LogP contribution in [0.25, 0.3) is 0 Å². The van der Waals surface area contributed by atoms with Crippen molar-refractivity contribution in [3.8, 4) is 0 Å². The van der Waals surface area contributed by atoms with Gasteiger partial charge in [-0.3, -0.25) is 0 Å². The molecule has 0 spiro atoms. The first kappa shape index (κ1) is 15.5. The summed E-state index contributed by atoms with van der Waals surface area (Å²) >= 11 is 0. The third-order valence-corrected chi connectivity index (χ3v) is 4.63. The van der Waals surface area contributed by atoms with Crippen LogP contribution in [0.3, 0.4) is 0 Å². The lowest BCUT2D eigenvalue weighted by atomic mass is 9.76. The summed E-state index contributed by atoms with van der Waals surface area (Å²) in [5, 5.41) is 3.45. The SMILES string of the molecule is CC(C)(CNC1CC(c2ccccc2)C1)NS(C)(=O)=O. The van der Waals surface area contributed by atoms with Crippen molar-refractivity contribution in [1.29, 1.82) is 0 Å². The van der Waals surface area contributed by atoms with Crippen LogP contribution >= 0.6 is 0 Å². The van der Waals surface area contributed by atoms with Gasteiger partial charge in [0.25, 0.3) is 0 Å². The fourth-order valence-electron chi connectivity index (χ4n) is 2.72. The van der Waals surface area contributed by atoms with E-state index in [1.54, 1.807) is 0 Å². The smallest absolute Gasteiger partial charge is 0.209 e. The highest BCUT2D eigenvalue weighted by Gasteiger charge is 2.31. The van der Waals surface area contributed by atoms with Crippen LogP contribution in [0.4, 0.5) is 0 Å². The largest absolute Gasteiger partial charge is 0.312 e. The summed E-state index contributed by atoms with van der Waals surface area (Å²) in [7, 11) is -3.16. The van der Waals surface area contributed by atoms with Gasteiger partial charge >= 0.3 is 0 Å². The summed E-state index contributed by atoms with van der Waals surface area (Å²) in [5.74, 6) is 0.639. The van der Waals surface area contributed by atoms with E-state index in [-0.39, 0.29) is 0 Å². The number of hydrogen-bond donors (Lipinski definition) is 2. The average Bonchev–Trinajstić information content (AvgIpc) is 2.24. The van der Waals surface area contributed by atoms with E-state index in [4.69, 9.17) is 0 Å². The summed E-state index contributed by atoms with van der Waals surface area (Å²) in [4.78, 5) is 0. The second kappa shape index (κ2) is 5.84. The zero-order valence-electron chi connectivity index (χ0n) is 12.4. The molecule has 0 unspecified atom stereocenters. The van der Waals surface area contributed by atoms with Gasteiger partial charge in [0.1, 0.15) is 0 Å². The molecule has 5 heteroatoms. The highest BCUT2D eigenvalue weighted by Crippen LogP contribution is 2.36. The van der Waals surface area contributed by atoms with Crippen molar-refractivity contribution < 1.29 is 8.42 Å². The minimum absolute atomic E-state index is 0.453. The van der Waals surface area contributed by atoms with E-state index < -0.39 is 15.6 Å². The van der Waals surface area contributed by atoms with Crippen molar-refractivity contribution in [1.82, 2.24) is 10.0 Å². The molecule has 1 aromatic rings. The third-order valence-electron chi connectivity index (χ3n) is 3.70. The first-order valence-corrected chi connectivity index (χ1v) is 8.92. The molecule has 4 nitrogen and oxygen atoms in total. The fraction of sp³-hybridized carbons (Fsp3) is 0.600. The number of hydrogen-bond acceptors (Lipinski definition) is 3. The van der Waals surface area contributed by atoms with E-state index in [1.807, 2.05) is 19.9 Å². The lowest BCUT2D eigenvalue weighted by Gasteiger charge is -2.38. The van der Waals surface area contributed by atoms with E-state index in [0.29, 0.717) is 18.5 Å². The summed E-state index contributed by atoms with van der Waals surface area (Å²) < 4.78 is 25.2. The monoisotopic (exact) mass is 296 g/mol. The molecular formula is C15H24N2O2S. The Bertz CT molecular complexity index is 534. The Morgan fingerprint density at radius 2 is 1.80 bits per heavy atom. The second-order valence-electron chi connectivity index (χ2n) is 6.41. The van der Waals surface area contributed by atoms with Gasteiger partial charge in [0.15, 0.2) is 0 Å². The van der Waals surface area contributed by atoms with Crippen LogP contribution in [0.15, 0.2) is 30.3 Å².